The fourth-order valence-corrected chi connectivity index (χ4v) is 3.26. The normalized spacial score (nSPS) is 20.4. The number of hydrogen-bond donors (Lipinski definition) is 1. The van der Waals surface area contributed by atoms with E-state index in [9.17, 15) is 9.59 Å². The Hall–Kier alpha value is -2.63. The first-order valence-corrected chi connectivity index (χ1v) is 8.20. The molecule has 126 valence electrons. The predicted molar refractivity (Wildman–Crippen MR) is 89.9 cm³/mol. The number of carbonyl (C=O) groups excluding carboxylic acids is 2. The molecule has 6 nitrogen and oxygen atoms in total. The highest BCUT2D eigenvalue weighted by Crippen LogP contribution is 2.36. The molecular weight excluding hydrogens is 304 g/mol. The van der Waals surface area contributed by atoms with Crippen LogP contribution in [-0.2, 0) is 16.1 Å². The number of amides is 2. The van der Waals surface area contributed by atoms with Crippen LogP contribution in [0.3, 0.4) is 0 Å². The topological polar surface area (TPSA) is 67.2 Å². The molecule has 0 unspecified atom stereocenters. The Morgan fingerprint density at radius 3 is 2.79 bits per heavy atom. The summed E-state index contributed by atoms with van der Waals surface area (Å²) < 4.78 is 1.74. The van der Waals surface area contributed by atoms with E-state index in [1.54, 1.807) is 15.8 Å². The molecule has 1 N–H and O–H groups in total. The lowest BCUT2D eigenvalue weighted by Crippen LogP contribution is -2.33. The van der Waals surface area contributed by atoms with Gasteiger partial charge in [-0.15, -0.1) is 0 Å². The largest absolute Gasteiger partial charge is 0.356 e. The van der Waals surface area contributed by atoms with Gasteiger partial charge in [-0.25, -0.2) is 0 Å². The third-order valence-corrected chi connectivity index (χ3v) is 4.52. The number of aryl methyl sites for hydroxylation is 1. The molecule has 1 aliphatic rings. The Bertz CT molecular complexity index is 684. The highest BCUT2D eigenvalue weighted by molar-refractivity contribution is 5.80. The molecular formula is C18H22N4O2. The standard InChI is InChI=1S/C18H22N4O2/c1-21-17(24)12-15(18(21)14-6-3-2-4-7-14)13-19-16(23)8-11-22-10-5-9-20-22/h2-7,9-10,15,18H,8,11-13H2,1H3,(H,19,23)/t15-,18-/m0/s1. The second kappa shape index (κ2) is 7.29. The van der Waals surface area contributed by atoms with Crippen LogP contribution in [0.25, 0.3) is 0 Å². The van der Waals surface area contributed by atoms with Gasteiger partial charge in [0.25, 0.3) is 0 Å². The summed E-state index contributed by atoms with van der Waals surface area (Å²) in [5.41, 5.74) is 1.11. The summed E-state index contributed by atoms with van der Waals surface area (Å²) >= 11 is 0. The van der Waals surface area contributed by atoms with E-state index in [1.165, 1.54) is 0 Å². The van der Waals surface area contributed by atoms with Gasteiger partial charge in [-0.3, -0.25) is 14.3 Å². The number of rotatable bonds is 6. The summed E-state index contributed by atoms with van der Waals surface area (Å²) in [6, 6.07) is 11.8. The van der Waals surface area contributed by atoms with Gasteiger partial charge in [0.15, 0.2) is 0 Å². The molecule has 0 aliphatic carbocycles. The molecule has 3 rings (SSSR count). The monoisotopic (exact) mass is 326 g/mol. The number of carbonyl (C=O) groups is 2. The van der Waals surface area contributed by atoms with Crippen molar-refractivity contribution in [3.8, 4) is 0 Å². The molecule has 1 aromatic carbocycles. The van der Waals surface area contributed by atoms with Crippen molar-refractivity contribution in [2.45, 2.75) is 25.4 Å². The van der Waals surface area contributed by atoms with Gasteiger partial charge < -0.3 is 10.2 Å². The van der Waals surface area contributed by atoms with Crippen LogP contribution < -0.4 is 5.32 Å². The molecule has 1 aliphatic heterocycles. The fraction of sp³-hybridized carbons (Fsp3) is 0.389. The lowest BCUT2D eigenvalue weighted by atomic mass is 9.93. The summed E-state index contributed by atoms with van der Waals surface area (Å²) in [7, 11) is 1.83. The molecule has 0 bridgehead atoms. The average molecular weight is 326 g/mol. The molecule has 0 spiro atoms. The van der Waals surface area contributed by atoms with Crippen LogP contribution in [0.4, 0.5) is 0 Å². The molecule has 1 aromatic heterocycles. The second-order valence-electron chi connectivity index (χ2n) is 6.15. The van der Waals surface area contributed by atoms with E-state index < -0.39 is 0 Å². The molecule has 1 fully saturated rings. The van der Waals surface area contributed by atoms with Crippen LogP contribution in [0.1, 0.15) is 24.4 Å². The smallest absolute Gasteiger partial charge is 0.223 e. The van der Waals surface area contributed by atoms with Gasteiger partial charge in [-0.2, -0.15) is 5.10 Å². The summed E-state index contributed by atoms with van der Waals surface area (Å²) in [5.74, 6) is 0.206. The van der Waals surface area contributed by atoms with E-state index in [2.05, 4.69) is 10.4 Å². The Morgan fingerprint density at radius 2 is 2.08 bits per heavy atom. The van der Waals surface area contributed by atoms with E-state index in [0.29, 0.717) is 25.9 Å². The number of likely N-dealkylation sites (tertiary alicyclic amines) is 1. The van der Waals surface area contributed by atoms with Gasteiger partial charge in [-0.1, -0.05) is 30.3 Å². The van der Waals surface area contributed by atoms with Crippen molar-refractivity contribution in [2.75, 3.05) is 13.6 Å². The highest BCUT2D eigenvalue weighted by Gasteiger charge is 2.38. The molecule has 2 aromatic rings. The molecule has 2 atom stereocenters. The zero-order valence-corrected chi connectivity index (χ0v) is 13.8. The molecule has 2 amide bonds. The third kappa shape index (κ3) is 3.64. The van der Waals surface area contributed by atoms with Crippen LogP contribution in [0.2, 0.25) is 0 Å². The van der Waals surface area contributed by atoms with Crippen molar-refractivity contribution in [1.82, 2.24) is 20.0 Å². The first-order valence-electron chi connectivity index (χ1n) is 8.20. The minimum absolute atomic E-state index is 0.0145. The molecule has 0 radical (unpaired) electrons. The van der Waals surface area contributed by atoms with Crippen LogP contribution >= 0.6 is 0 Å². The quantitative estimate of drug-likeness (QED) is 0.877. The van der Waals surface area contributed by atoms with Crippen molar-refractivity contribution >= 4 is 11.8 Å². The predicted octanol–water partition coefficient (Wildman–Crippen LogP) is 1.61. The van der Waals surface area contributed by atoms with Crippen molar-refractivity contribution in [1.29, 1.82) is 0 Å². The summed E-state index contributed by atoms with van der Waals surface area (Å²) in [5, 5.41) is 7.05. The minimum atomic E-state index is -0.0145. The van der Waals surface area contributed by atoms with Crippen molar-refractivity contribution in [3.05, 3.63) is 54.4 Å². The van der Waals surface area contributed by atoms with Crippen LogP contribution in [0.15, 0.2) is 48.8 Å². The lowest BCUT2D eigenvalue weighted by Gasteiger charge is -2.25. The molecule has 2 heterocycles. The van der Waals surface area contributed by atoms with Gasteiger partial charge in [0.2, 0.25) is 11.8 Å². The molecule has 0 saturated carbocycles. The maximum Gasteiger partial charge on any atom is 0.223 e. The van der Waals surface area contributed by atoms with Gasteiger partial charge in [-0.05, 0) is 11.6 Å². The van der Waals surface area contributed by atoms with Crippen molar-refractivity contribution in [3.63, 3.8) is 0 Å². The SMILES string of the molecule is CN1C(=O)C[C@@H](CNC(=O)CCn2cccn2)[C@@H]1c1ccccc1. The Kier molecular flexibility index (Phi) is 4.93. The lowest BCUT2D eigenvalue weighted by molar-refractivity contribution is -0.127. The van der Waals surface area contributed by atoms with E-state index in [-0.39, 0.29) is 23.8 Å². The third-order valence-electron chi connectivity index (χ3n) is 4.52. The van der Waals surface area contributed by atoms with E-state index in [0.717, 1.165) is 5.56 Å². The fourth-order valence-electron chi connectivity index (χ4n) is 3.26. The maximum absolute atomic E-state index is 12.1. The zero-order valence-electron chi connectivity index (χ0n) is 13.8. The zero-order chi connectivity index (χ0) is 16.9. The summed E-state index contributed by atoms with van der Waals surface area (Å²) in [4.78, 5) is 25.9. The molecule has 1 saturated heterocycles. The summed E-state index contributed by atoms with van der Waals surface area (Å²) in [6.07, 6.45) is 4.38. The van der Waals surface area contributed by atoms with Gasteiger partial charge >= 0.3 is 0 Å². The van der Waals surface area contributed by atoms with Crippen LogP contribution in [0, 0.1) is 5.92 Å². The summed E-state index contributed by atoms with van der Waals surface area (Å²) in [6.45, 7) is 1.07. The average Bonchev–Trinajstić information content (AvgIpc) is 3.21. The Morgan fingerprint density at radius 1 is 1.29 bits per heavy atom. The number of nitrogens with one attached hydrogen (secondary N) is 1. The van der Waals surface area contributed by atoms with Crippen molar-refractivity contribution < 1.29 is 9.59 Å². The van der Waals surface area contributed by atoms with Crippen LogP contribution in [-0.4, -0.2) is 40.1 Å². The number of benzene rings is 1. The van der Waals surface area contributed by atoms with Crippen LogP contribution in [0.5, 0.6) is 0 Å². The second-order valence-corrected chi connectivity index (χ2v) is 6.15. The van der Waals surface area contributed by atoms with Gasteiger partial charge in [0.05, 0.1) is 6.04 Å². The van der Waals surface area contributed by atoms with E-state index in [4.69, 9.17) is 0 Å². The Balaban J connectivity index is 1.57. The minimum Gasteiger partial charge on any atom is -0.356 e. The maximum atomic E-state index is 12.1. The number of nitrogens with zero attached hydrogens (tertiary/aromatic N) is 3. The number of aromatic nitrogens is 2. The van der Waals surface area contributed by atoms with Gasteiger partial charge in [0.1, 0.15) is 0 Å². The number of hydrogen-bond acceptors (Lipinski definition) is 3. The van der Waals surface area contributed by atoms with E-state index >= 15 is 0 Å². The molecule has 24 heavy (non-hydrogen) atoms. The van der Waals surface area contributed by atoms with Crippen molar-refractivity contribution in [2.24, 2.45) is 5.92 Å². The van der Waals surface area contributed by atoms with Gasteiger partial charge in [0, 0.05) is 51.3 Å². The first kappa shape index (κ1) is 16.2. The Labute approximate surface area is 141 Å². The molecule has 6 heteroatoms. The highest BCUT2D eigenvalue weighted by atomic mass is 16.2. The first-order chi connectivity index (χ1) is 11.6. The van der Waals surface area contributed by atoms with E-state index in [1.807, 2.05) is 49.6 Å².